The summed E-state index contributed by atoms with van der Waals surface area (Å²) < 4.78 is 12.2. The van der Waals surface area contributed by atoms with Gasteiger partial charge in [-0.2, -0.15) is 0 Å². The van der Waals surface area contributed by atoms with Gasteiger partial charge in [-0.05, 0) is 19.8 Å². The van der Waals surface area contributed by atoms with Crippen LogP contribution < -0.4 is 9.47 Å². The van der Waals surface area contributed by atoms with Crippen LogP contribution in [0.5, 0.6) is 11.5 Å². The van der Waals surface area contributed by atoms with E-state index in [1.165, 1.54) is 9.75 Å². The highest BCUT2D eigenvalue weighted by molar-refractivity contribution is 7.13. The van der Waals surface area contributed by atoms with E-state index in [2.05, 4.69) is 48.5 Å². The minimum absolute atomic E-state index is 0.136. The van der Waals surface area contributed by atoms with Gasteiger partial charge in [0.15, 0.2) is 11.5 Å². The van der Waals surface area contributed by atoms with Gasteiger partial charge in [0.05, 0.1) is 9.75 Å². The Hall–Kier alpha value is -0.700. The van der Waals surface area contributed by atoms with Crippen molar-refractivity contribution in [2.45, 2.75) is 78.2 Å². The lowest BCUT2D eigenvalue weighted by Gasteiger charge is -2.28. The molecule has 1 atom stereocenters. The van der Waals surface area contributed by atoms with E-state index in [1.807, 2.05) is 11.3 Å². The number of fused-ring (bicyclic) bond motifs is 1. The monoisotopic (exact) mass is 296 g/mol. The van der Waals surface area contributed by atoms with Crippen molar-refractivity contribution in [1.29, 1.82) is 0 Å². The highest BCUT2D eigenvalue weighted by Gasteiger charge is 2.38. The van der Waals surface area contributed by atoms with E-state index in [4.69, 9.17) is 9.47 Å². The molecule has 1 aromatic heterocycles. The van der Waals surface area contributed by atoms with Crippen molar-refractivity contribution in [2.75, 3.05) is 6.61 Å². The van der Waals surface area contributed by atoms with E-state index in [0.717, 1.165) is 24.3 Å². The molecule has 0 spiro atoms. The van der Waals surface area contributed by atoms with Crippen LogP contribution in [0, 0.1) is 0 Å². The maximum Gasteiger partial charge on any atom is 0.176 e. The first-order valence-electron chi connectivity index (χ1n) is 7.70. The number of ether oxygens (including phenoxy) is 2. The average Bonchev–Trinajstić information content (AvgIpc) is 2.78. The maximum absolute atomic E-state index is 6.16. The van der Waals surface area contributed by atoms with Crippen LogP contribution in [0.25, 0.3) is 0 Å². The molecule has 0 fully saturated rings. The van der Waals surface area contributed by atoms with E-state index in [0.29, 0.717) is 6.61 Å². The van der Waals surface area contributed by atoms with Gasteiger partial charge in [0.25, 0.3) is 0 Å². The Bertz CT molecular complexity index is 485. The predicted molar refractivity (Wildman–Crippen MR) is 86.5 cm³/mol. The highest BCUT2D eigenvalue weighted by Crippen LogP contribution is 2.54. The maximum atomic E-state index is 6.16. The van der Waals surface area contributed by atoms with E-state index < -0.39 is 0 Å². The lowest BCUT2D eigenvalue weighted by Crippen LogP contribution is -2.28. The van der Waals surface area contributed by atoms with Gasteiger partial charge in [-0.1, -0.05) is 41.5 Å². The summed E-state index contributed by atoms with van der Waals surface area (Å²) in [6, 6.07) is 0. The third-order valence-electron chi connectivity index (χ3n) is 4.60. The first-order chi connectivity index (χ1) is 9.23. The molecular formula is C17H28O2S. The molecule has 0 N–H and O–H groups in total. The van der Waals surface area contributed by atoms with E-state index in [1.54, 1.807) is 0 Å². The molecule has 0 aromatic carbocycles. The molecule has 0 aliphatic carbocycles. The Morgan fingerprint density at radius 1 is 1.00 bits per heavy atom. The zero-order valence-electron chi connectivity index (χ0n) is 13.9. The normalized spacial score (nSPS) is 19.2. The second-order valence-electron chi connectivity index (χ2n) is 7.13. The number of rotatable bonds is 4. The molecule has 3 heteroatoms. The molecule has 2 nitrogen and oxygen atoms in total. The molecule has 0 saturated heterocycles. The molecule has 0 bridgehead atoms. The molecule has 1 unspecified atom stereocenters. The fraction of sp³-hybridized carbons (Fsp3) is 0.765. The van der Waals surface area contributed by atoms with E-state index in [-0.39, 0.29) is 16.9 Å². The SMILES string of the molecule is CCC(C)(C)c1sc(C(C)(C)CC)c2c1OCC(C)O2. The fourth-order valence-corrected chi connectivity index (χ4v) is 3.81. The van der Waals surface area contributed by atoms with Crippen molar-refractivity contribution < 1.29 is 9.47 Å². The molecule has 114 valence electrons. The second kappa shape index (κ2) is 5.25. The van der Waals surface area contributed by atoms with Crippen molar-refractivity contribution in [2.24, 2.45) is 0 Å². The molecule has 1 aliphatic heterocycles. The molecule has 2 rings (SSSR count). The van der Waals surface area contributed by atoms with Gasteiger partial charge in [0.2, 0.25) is 0 Å². The summed E-state index contributed by atoms with van der Waals surface area (Å²) in [5.74, 6) is 2.02. The summed E-state index contributed by atoms with van der Waals surface area (Å²) in [6.45, 7) is 16.4. The lowest BCUT2D eigenvalue weighted by atomic mass is 9.86. The largest absolute Gasteiger partial charge is 0.485 e. The lowest BCUT2D eigenvalue weighted by molar-refractivity contribution is 0.101. The molecular weight excluding hydrogens is 268 g/mol. The molecule has 0 radical (unpaired) electrons. The average molecular weight is 296 g/mol. The zero-order valence-corrected chi connectivity index (χ0v) is 14.7. The standard InChI is InChI=1S/C17H28O2S/c1-8-16(4,5)14-12-13(19-11(3)10-18-12)15(20-14)17(6,7)9-2/h11H,8-10H2,1-7H3. The summed E-state index contributed by atoms with van der Waals surface area (Å²) in [7, 11) is 0. The Morgan fingerprint density at radius 3 is 2.00 bits per heavy atom. The van der Waals surface area contributed by atoms with Gasteiger partial charge in [-0.25, -0.2) is 0 Å². The Morgan fingerprint density at radius 2 is 1.50 bits per heavy atom. The van der Waals surface area contributed by atoms with Crippen molar-refractivity contribution in [1.82, 2.24) is 0 Å². The van der Waals surface area contributed by atoms with E-state index in [9.17, 15) is 0 Å². The quantitative estimate of drug-likeness (QED) is 0.752. The first-order valence-corrected chi connectivity index (χ1v) is 8.51. The smallest absolute Gasteiger partial charge is 0.176 e. The Kier molecular flexibility index (Phi) is 4.12. The highest BCUT2D eigenvalue weighted by atomic mass is 32.1. The van der Waals surface area contributed by atoms with Gasteiger partial charge in [-0.15, -0.1) is 11.3 Å². The van der Waals surface area contributed by atoms with Gasteiger partial charge in [0.1, 0.15) is 12.7 Å². The third-order valence-corrected chi connectivity index (χ3v) is 6.49. The van der Waals surface area contributed by atoms with Crippen LogP contribution in [0.4, 0.5) is 0 Å². The number of hydrogen-bond donors (Lipinski definition) is 0. The third kappa shape index (κ3) is 2.57. The number of hydrogen-bond acceptors (Lipinski definition) is 3. The summed E-state index contributed by atoms with van der Waals surface area (Å²) >= 11 is 1.89. The zero-order chi connectivity index (χ0) is 15.1. The van der Waals surface area contributed by atoms with Crippen LogP contribution >= 0.6 is 11.3 Å². The van der Waals surface area contributed by atoms with Crippen molar-refractivity contribution in [3.63, 3.8) is 0 Å². The van der Waals surface area contributed by atoms with Crippen molar-refractivity contribution >= 4 is 11.3 Å². The fourth-order valence-electron chi connectivity index (χ4n) is 2.29. The summed E-state index contributed by atoms with van der Waals surface area (Å²) in [5.41, 5.74) is 0.276. The Labute approximate surface area is 127 Å². The first kappa shape index (κ1) is 15.7. The molecule has 0 amide bonds. The van der Waals surface area contributed by atoms with Gasteiger partial charge in [-0.3, -0.25) is 0 Å². The van der Waals surface area contributed by atoms with Gasteiger partial charge < -0.3 is 9.47 Å². The minimum atomic E-state index is 0.136. The van der Waals surface area contributed by atoms with E-state index >= 15 is 0 Å². The summed E-state index contributed by atoms with van der Waals surface area (Å²) in [6.07, 6.45) is 2.34. The molecule has 20 heavy (non-hydrogen) atoms. The van der Waals surface area contributed by atoms with Crippen LogP contribution in [0.2, 0.25) is 0 Å². The van der Waals surface area contributed by atoms with Crippen LogP contribution in [0.1, 0.15) is 71.1 Å². The second-order valence-corrected chi connectivity index (χ2v) is 8.15. The summed E-state index contributed by atoms with van der Waals surface area (Å²) in [4.78, 5) is 2.69. The van der Waals surface area contributed by atoms with Crippen LogP contribution in [0.15, 0.2) is 0 Å². The van der Waals surface area contributed by atoms with Gasteiger partial charge >= 0.3 is 0 Å². The molecule has 0 saturated carbocycles. The van der Waals surface area contributed by atoms with Crippen LogP contribution in [-0.2, 0) is 10.8 Å². The predicted octanol–water partition coefficient (Wildman–Crippen LogP) is 5.28. The minimum Gasteiger partial charge on any atom is -0.485 e. The molecule has 2 heterocycles. The van der Waals surface area contributed by atoms with Crippen LogP contribution in [0.3, 0.4) is 0 Å². The van der Waals surface area contributed by atoms with Crippen molar-refractivity contribution in [3.8, 4) is 11.5 Å². The van der Waals surface area contributed by atoms with Gasteiger partial charge in [0, 0.05) is 10.8 Å². The molecule has 1 aliphatic rings. The number of thiophene rings is 1. The molecule has 1 aromatic rings. The summed E-state index contributed by atoms with van der Waals surface area (Å²) in [5, 5.41) is 0. The Balaban J connectivity index is 2.60. The van der Waals surface area contributed by atoms with Crippen LogP contribution in [-0.4, -0.2) is 12.7 Å². The topological polar surface area (TPSA) is 18.5 Å². The van der Waals surface area contributed by atoms with Crippen molar-refractivity contribution in [3.05, 3.63) is 9.75 Å².